The normalized spacial score (nSPS) is 11.1. The van der Waals surface area contributed by atoms with Gasteiger partial charge < -0.3 is 10.6 Å². The quantitative estimate of drug-likeness (QED) is 0.851. The van der Waals surface area contributed by atoms with Crippen molar-refractivity contribution in [3.63, 3.8) is 0 Å². The minimum absolute atomic E-state index is 0.105. The molecule has 0 saturated heterocycles. The maximum Gasteiger partial charge on any atom is 0.232 e. The van der Waals surface area contributed by atoms with Crippen molar-refractivity contribution in [2.24, 2.45) is 11.1 Å². The molecule has 0 radical (unpaired) electrons. The third-order valence-corrected chi connectivity index (χ3v) is 3.54. The van der Waals surface area contributed by atoms with Crippen LogP contribution in [0, 0.1) is 5.41 Å². The summed E-state index contributed by atoms with van der Waals surface area (Å²) in [4.78, 5) is 14.3. The predicted molar refractivity (Wildman–Crippen MR) is 79.8 cm³/mol. The monoisotopic (exact) mass is 264 g/mol. The molecule has 0 unspecified atom stereocenters. The predicted octanol–water partition coefficient (Wildman–Crippen LogP) is 2.72. The molecule has 1 aromatic carbocycles. The molecular weight excluding hydrogens is 244 g/mol. The number of hydrogen-bond donors (Lipinski definition) is 1. The summed E-state index contributed by atoms with van der Waals surface area (Å²) in [5, 5.41) is 0. The summed E-state index contributed by atoms with van der Waals surface area (Å²) in [6.45, 7) is 5.92. The van der Waals surface area contributed by atoms with E-state index in [0.717, 1.165) is 17.7 Å². The Kier molecular flexibility index (Phi) is 4.46. The molecule has 1 rings (SSSR count). The van der Waals surface area contributed by atoms with Crippen LogP contribution in [0.4, 0.5) is 5.69 Å². The number of benzene rings is 1. The lowest BCUT2D eigenvalue weighted by molar-refractivity contribution is -0.126. The van der Waals surface area contributed by atoms with Gasteiger partial charge in [-0.1, -0.05) is 33.0 Å². The summed E-state index contributed by atoms with van der Waals surface area (Å²) in [5.41, 5.74) is 6.85. The van der Waals surface area contributed by atoms with E-state index in [4.69, 9.17) is 18.0 Å². The number of hydrogen-bond acceptors (Lipinski definition) is 2. The van der Waals surface area contributed by atoms with Gasteiger partial charge in [0.2, 0.25) is 5.91 Å². The minimum atomic E-state index is -0.351. The second-order valence-electron chi connectivity index (χ2n) is 5.01. The lowest BCUT2D eigenvalue weighted by Gasteiger charge is -2.28. The highest BCUT2D eigenvalue weighted by Crippen LogP contribution is 2.25. The summed E-state index contributed by atoms with van der Waals surface area (Å²) in [5.74, 6) is 0.105. The Morgan fingerprint density at radius 1 is 1.33 bits per heavy atom. The lowest BCUT2D eigenvalue weighted by Crippen LogP contribution is -2.38. The van der Waals surface area contributed by atoms with Gasteiger partial charge in [-0.05, 0) is 30.7 Å². The van der Waals surface area contributed by atoms with Gasteiger partial charge in [0.1, 0.15) is 4.99 Å². The molecule has 0 aliphatic carbocycles. The summed E-state index contributed by atoms with van der Waals surface area (Å²) >= 11 is 4.90. The van der Waals surface area contributed by atoms with E-state index in [0.29, 0.717) is 4.99 Å². The van der Waals surface area contributed by atoms with Crippen molar-refractivity contribution in [2.75, 3.05) is 11.9 Å². The number of thiocarbonyl (C=S) groups is 1. The first-order valence-corrected chi connectivity index (χ1v) is 6.38. The fourth-order valence-electron chi connectivity index (χ4n) is 1.57. The molecule has 1 aromatic rings. The van der Waals surface area contributed by atoms with Gasteiger partial charge in [-0.3, -0.25) is 4.79 Å². The molecule has 98 valence electrons. The van der Waals surface area contributed by atoms with Crippen LogP contribution in [0.1, 0.15) is 32.8 Å². The van der Waals surface area contributed by atoms with Crippen molar-refractivity contribution in [1.29, 1.82) is 0 Å². The Morgan fingerprint density at radius 3 is 2.22 bits per heavy atom. The SMILES string of the molecule is CCC(C)(C)C(=O)N(C)c1ccc(C(N)=S)cc1. The van der Waals surface area contributed by atoms with Crippen LogP contribution < -0.4 is 10.6 Å². The zero-order valence-electron chi connectivity index (χ0n) is 11.4. The molecule has 4 heteroatoms. The number of amides is 1. The molecular formula is C14H20N2OS. The Morgan fingerprint density at radius 2 is 1.83 bits per heavy atom. The molecule has 0 atom stereocenters. The van der Waals surface area contributed by atoms with E-state index in [-0.39, 0.29) is 11.3 Å². The van der Waals surface area contributed by atoms with Crippen molar-refractivity contribution in [1.82, 2.24) is 0 Å². The van der Waals surface area contributed by atoms with Gasteiger partial charge in [-0.2, -0.15) is 0 Å². The van der Waals surface area contributed by atoms with Crippen molar-refractivity contribution >= 4 is 28.8 Å². The van der Waals surface area contributed by atoms with Gasteiger partial charge >= 0.3 is 0 Å². The fourth-order valence-corrected chi connectivity index (χ4v) is 1.71. The maximum absolute atomic E-state index is 12.3. The highest BCUT2D eigenvalue weighted by molar-refractivity contribution is 7.80. The van der Waals surface area contributed by atoms with Crippen LogP contribution in [-0.2, 0) is 4.79 Å². The third-order valence-electron chi connectivity index (χ3n) is 3.31. The minimum Gasteiger partial charge on any atom is -0.389 e. The zero-order chi connectivity index (χ0) is 13.9. The van der Waals surface area contributed by atoms with Crippen LogP contribution in [0.5, 0.6) is 0 Å². The molecule has 3 nitrogen and oxygen atoms in total. The second kappa shape index (κ2) is 5.48. The second-order valence-corrected chi connectivity index (χ2v) is 5.45. The molecule has 18 heavy (non-hydrogen) atoms. The van der Waals surface area contributed by atoms with E-state index in [1.807, 2.05) is 45.0 Å². The Balaban J connectivity index is 2.94. The van der Waals surface area contributed by atoms with Crippen LogP contribution in [0.3, 0.4) is 0 Å². The third kappa shape index (κ3) is 3.07. The van der Waals surface area contributed by atoms with Crippen LogP contribution in [-0.4, -0.2) is 17.9 Å². The number of carbonyl (C=O) groups is 1. The molecule has 1 amide bonds. The summed E-state index contributed by atoms with van der Waals surface area (Å²) in [7, 11) is 1.79. The van der Waals surface area contributed by atoms with Gasteiger partial charge in [0, 0.05) is 23.7 Å². The highest BCUT2D eigenvalue weighted by atomic mass is 32.1. The Hall–Kier alpha value is -1.42. The molecule has 0 fully saturated rings. The van der Waals surface area contributed by atoms with Gasteiger partial charge in [0.15, 0.2) is 0 Å². The molecule has 2 N–H and O–H groups in total. The standard InChI is InChI=1S/C14H20N2OS/c1-5-14(2,3)13(17)16(4)11-8-6-10(7-9-11)12(15)18/h6-9H,5H2,1-4H3,(H2,15,18). The molecule has 0 heterocycles. The zero-order valence-corrected chi connectivity index (χ0v) is 12.2. The number of carbonyl (C=O) groups excluding carboxylic acids is 1. The summed E-state index contributed by atoms with van der Waals surface area (Å²) in [6.07, 6.45) is 0.807. The van der Waals surface area contributed by atoms with Gasteiger partial charge in [-0.15, -0.1) is 0 Å². The Bertz CT molecular complexity index is 451. The summed E-state index contributed by atoms with van der Waals surface area (Å²) < 4.78 is 0. The number of nitrogens with two attached hydrogens (primary N) is 1. The van der Waals surface area contributed by atoms with Crippen LogP contribution in [0.15, 0.2) is 24.3 Å². The number of rotatable bonds is 4. The van der Waals surface area contributed by atoms with E-state index in [2.05, 4.69) is 0 Å². The van der Waals surface area contributed by atoms with Crippen molar-refractivity contribution in [3.05, 3.63) is 29.8 Å². The van der Waals surface area contributed by atoms with Gasteiger partial charge in [0.05, 0.1) is 0 Å². The largest absolute Gasteiger partial charge is 0.389 e. The van der Waals surface area contributed by atoms with E-state index in [9.17, 15) is 4.79 Å². The lowest BCUT2D eigenvalue weighted by atomic mass is 9.88. The number of anilines is 1. The molecule has 0 aliphatic heterocycles. The molecule has 0 saturated carbocycles. The molecule has 0 aromatic heterocycles. The average molecular weight is 264 g/mol. The fraction of sp³-hybridized carbons (Fsp3) is 0.429. The van der Waals surface area contributed by atoms with E-state index < -0.39 is 0 Å². The van der Waals surface area contributed by atoms with E-state index in [1.165, 1.54) is 0 Å². The van der Waals surface area contributed by atoms with Crippen LogP contribution in [0.2, 0.25) is 0 Å². The molecule has 0 spiro atoms. The van der Waals surface area contributed by atoms with E-state index in [1.54, 1.807) is 11.9 Å². The topological polar surface area (TPSA) is 46.3 Å². The highest BCUT2D eigenvalue weighted by Gasteiger charge is 2.28. The average Bonchev–Trinajstić information content (AvgIpc) is 2.37. The first kappa shape index (κ1) is 14.6. The van der Waals surface area contributed by atoms with Crippen molar-refractivity contribution in [2.45, 2.75) is 27.2 Å². The number of nitrogens with zero attached hydrogens (tertiary/aromatic N) is 1. The molecule has 0 aliphatic rings. The van der Waals surface area contributed by atoms with Crippen molar-refractivity contribution < 1.29 is 4.79 Å². The van der Waals surface area contributed by atoms with E-state index >= 15 is 0 Å². The maximum atomic E-state index is 12.3. The first-order chi connectivity index (χ1) is 8.29. The van der Waals surface area contributed by atoms with Crippen molar-refractivity contribution in [3.8, 4) is 0 Å². The van der Waals surface area contributed by atoms with Crippen LogP contribution >= 0.6 is 12.2 Å². The van der Waals surface area contributed by atoms with Gasteiger partial charge in [0.25, 0.3) is 0 Å². The summed E-state index contributed by atoms with van der Waals surface area (Å²) in [6, 6.07) is 7.39. The molecule has 0 bridgehead atoms. The first-order valence-electron chi connectivity index (χ1n) is 5.97. The van der Waals surface area contributed by atoms with Gasteiger partial charge in [-0.25, -0.2) is 0 Å². The Labute approximate surface area is 114 Å². The van der Waals surface area contributed by atoms with Crippen LogP contribution in [0.25, 0.3) is 0 Å². The smallest absolute Gasteiger partial charge is 0.232 e.